The molecule has 1 N–H and O–H groups in total. The van der Waals surface area contributed by atoms with Crippen LogP contribution in [0.25, 0.3) is 0 Å². The van der Waals surface area contributed by atoms with Gasteiger partial charge in [-0.3, -0.25) is 4.99 Å². The molecular weight excluding hydrogens is 180 g/mol. The van der Waals surface area contributed by atoms with Gasteiger partial charge < -0.3 is 5.32 Å². The van der Waals surface area contributed by atoms with Crippen LogP contribution in [0.5, 0.6) is 0 Å². The van der Waals surface area contributed by atoms with Crippen LogP contribution in [0.2, 0.25) is 0 Å². The highest BCUT2D eigenvalue weighted by molar-refractivity contribution is 8.04. The summed E-state index contributed by atoms with van der Waals surface area (Å²) in [6.45, 7) is 0. The normalized spacial score (nSPS) is 34.5. The molecule has 1 aliphatic carbocycles. The van der Waals surface area contributed by atoms with E-state index in [-0.39, 0.29) is 0 Å². The summed E-state index contributed by atoms with van der Waals surface area (Å²) < 4.78 is 0. The topological polar surface area (TPSA) is 24.4 Å². The molecule has 3 rings (SSSR count). The van der Waals surface area contributed by atoms with Gasteiger partial charge in [0.25, 0.3) is 0 Å². The Kier molecular flexibility index (Phi) is 1.59. The lowest BCUT2D eigenvalue weighted by molar-refractivity contribution is 0.732. The zero-order chi connectivity index (χ0) is 8.67. The van der Waals surface area contributed by atoms with Crippen molar-refractivity contribution in [2.75, 3.05) is 0 Å². The zero-order valence-corrected chi connectivity index (χ0v) is 7.92. The number of nitrogens with zero attached hydrogens (tertiary/aromatic N) is 1. The first-order chi connectivity index (χ1) is 6.45. The summed E-state index contributed by atoms with van der Waals surface area (Å²) in [6.07, 6.45) is 11.6. The summed E-state index contributed by atoms with van der Waals surface area (Å²) in [5.41, 5.74) is 1.43. The minimum Gasteiger partial charge on any atom is -0.353 e. The Morgan fingerprint density at radius 3 is 3.54 bits per heavy atom. The van der Waals surface area contributed by atoms with Crippen molar-refractivity contribution in [3.8, 4) is 0 Å². The molecule has 0 bridgehead atoms. The summed E-state index contributed by atoms with van der Waals surface area (Å²) in [5.74, 6) is 0.602. The van der Waals surface area contributed by atoms with E-state index in [9.17, 15) is 0 Å². The van der Waals surface area contributed by atoms with Crippen LogP contribution in [0, 0.1) is 5.92 Å². The Morgan fingerprint density at radius 1 is 1.54 bits per heavy atom. The molecule has 2 unspecified atom stereocenters. The van der Waals surface area contributed by atoms with Gasteiger partial charge in [0.1, 0.15) is 5.37 Å². The maximum Gasteiger partial charge on any atom is 0.124 e. The number of allylic oxidation sites excluding steroid dienone is 4. The van der Waals surface area contributed by atoms with Crippen LogP contribution in [-0.2, 0) is 0 Å². The van der Waals surface area contributed by atoms with E-state index in [1.807, 2.05) is 11.8 Å². The number of fused-ring (bicyclic) bond motifs is 3. The summed E-state index contributed by atoms with van der Waals surface area (Å²) in [4.78, 5) is 5.88. The summed E-state index contributed by atoms with van der Waals surface area (Å²) in [5, 5.41) is 3.42. The van der Waals surface area contributed by atoms with Crippen molar-refractivity contribution < 1.29 is 0 Å². The molecular formula is C10H10N2S. The molecule has 1 saturated heterocycles. The van der Waals surface area contributed by atoms with Crippen molar-refractivity contribution in [3.63, 3.8) is 0 Å². The quantitative estimate of drug-likeness (QED) is 0.632. The van der Waals surface area contributed by atoms with E-state index in [0.717, 1.165) is 6.42 Å². The first kappa shape index (κ1) is 7.44. The second-order valence-corrected chi connectivity index (χ2v) is 4.50. The highest BCUT2D eigenvalue weighted by atomic mass is 32.2. The fourth-order valence-electron chi connectivity index (χ4n) is 1.93. The summed E-state index contributed by atoms with van der Waals surface area (Å²) >= 11 is 1.88. The molecule has 0 saturated carbocycles. The number of thioether (sulfide) groups is 1. The van der Waals surface area contributed by atoms with Crippen molar-refractivity contribution in [3.05, 3.63) is 34.9 Å². The van der Waals surface area contributed by atoms with Gasteiger partial charge >= 0.3 is 0 Å². The Morgan fingerprint density at radius 2 is 2.54 bits per heavy atom. The smallest absolute Gasteiger partial charge is 0.124 e. The maximum atomic E-state index is 4.41. The molecule has 1 fully saturated rings. The SMILES string of the molecule is C1=CCC2C(=C1)SC1N=CNC=C12. The number of hydrogen-bond acceptors (Lipinski definition) is 3. The second kappa shape index (κ2) is 2.77. The fourth-order valence-corrected chi connectivity index (χ4v) is 3.23. The van der Waals surface area contributed by atoms with E-state index in [1.165, 1.54) is 10.5 Å². The molecule has 3 aliphatic rings. The van der Waals surface area contributed by atoms with E-state index in [0.29, 0.717) is 11.3 Å². The zero-order valence-electron chi connectivity index (χ0n) is 7.10. The van der Waals surface area contributed by atoms with Crippen LogP contribution in [0.15, 0.2) is 39.9 Å². The predicted octanol–water partition coefficient (Wildman–Crippen LogP) is 2.03. The molecule has 2 atom stereocenters. The van der Waals surface area contributed by atoms with Gasteiger partial charge in [-0.05, 0) is 16.9 Å². The van der Waals surface area contributed by atoms with Gasteiger partial charge in [0.2, 0.25) is 0 Å². The average Bonchev–Trinajstić information content (AvgIpc) is 2.56. The number of rotatable bonds is 0. The van der Waals surface area contributed by atoms with Crippen molar-refractivity contribution in [2.45, 2.75) is 11.8 Å². The first-order valence-electron chi connectivity index (χ1n) is 4.46. The highest BCUT2D eigenvalue weighted by Crippen LogP contribution is 2.49. The fraction of sp³-hybridized carbons (Fsp3) is 0.300. The molecule has 0 aromatic rings. The summed E-state index contributed by atoms with van der Waals surface area (Å²) in [6, 6.07) is 0. The first-order valence-corrected chi connectivity index (χ1v) is 5.34. The Balaban J connectivity index is 2.00. The van der Waals surface area contributed by atoms with Gasteiger partial charge in [-0.1, -0.05) is 30.0 Å². The van der Waals surface area contributed by atoms with Crippen molar-refractivity contribution in [2.24, 2.45) is 10.9 Å². The van der Waals surface area contributed by atoms with Crippen LogP contribution in [0.4, 0.5) is 0 Å². The Labute approximate surface area is 81.5 Å². The minimum absolute atomic E-state index is 0.345. The minimum atomic E-state index is 0.345. The molecule has 2 heterocycles. The van der Waals surface area contributed by atoms with Crippen molar-refractivity contribution >= 4 is 18.1 Å². The van der Waals surface area contributed by atoms with Gasteiger partial charge in [-0.25, -0.2) is 0 Å². The van der Waals surface area contributed by atoms with E-state index in [4.69, 9.17) is 0 Å². The molecule has 0 amide bonds. The highest BCUT2D eigenvalue weighted by Gasteiger charge is 2.35. The standard InChI is InChI=1S/C10H10N2S/c1-2-4-9-7(3-1)8-5-11-6-12-10(8)13-9/h1-2,4-7,10H,3H2,(H,11,12). The van der Waals surface area contributed by atoms with E-state index >= 15 is 0 Å². The lowest BCUT2D eigenvalue weighted by Gasteiger charge is -2.15. The second-order valence-electron chi connectivity index (χ2n) is 3.34. The molecule has 2 nitrogen and oxygen atoms in total. The molecule has 0 aromatic heterocycles. The lowest BCUT2D eigenvalue weighted by atomic mass is 9.92. The Bertz CT molecular complexity index is 352. The van der Waals surface area contributed by atoms with E-state index < -0.39 is 0 Å². The predicted molar refractivity (Wildman–Crippen MR) is 56.4 cm³/mol. The van der Waals surface area contributed by atoms with Gasteiger partial charge in [0.15, 0.2) is 0 Å². The molecule has 3 heteroatoms. The van der Waals surface area contributed by atoms with Crippen molar-refractivity contribution in [1.29, 1.82) is 0 Å². The molecule has 0 aromatic carbocycles. The molecule has 2 aliphatic heterocycles. The molecule has 13 heavy (non-hydrogen) atoms. The number of aliphatic imine (C=N–C) groups is 1. The van der Waals surface area contributed by atoms with Crippen LogP contribution in [0.1, 0.15) is 6.42 Å². The van der Waals surface area contributed by atoms with Gasteiger partial charge in [-0.15, -0.1) is 0 Å². The molecule has 66 valence electrons. The Hall–Kier alpha value is -0.960. The number of nitrogens with one attached hydrogen (secondary N) is 1. The van der Waals surface area contributed by atoms with Gasteiger partial charge in [0.05, 0.1) is 6.34 Å². The largest absolute Gasteiger partial charge is 0.353 e. The van der Waals surface area contributed by atoms with Gasteiger partial charge in [0, 0.05) is 12.1 Å². The monoisotopic (exact) mass is 190 g/mol. The number of hydrogen-bond donors (Lipinski definition) is 1. The summed E-state index contributed by atoms with van der Waals surface area (Å²) in [7, 11) is 0. The van der Waals surface area contributed by atoms with Crippen LogP contribution < -0.4 is 5.32 Å². The lowest BCUT2D eigenvalue weighted by Crippen LogP contribution is -2.17. The molecule has 0 radical (unpaired) electrons. The van der Waals surface area contributed by atoms with Crippen LogP contribution >= 0.6 is 11.8 Å². The van der Waals surface area contributed by atoms with Crippen LogP contribution in [0.3, 0.4) is 0 Å². The average molecular weight is 190 g/mol. The third kappa shape index (κ3) is 1.07. The van der Waals surface area contributed by atoms with E-state index in [2.05, 4.69) is 34.7 Å². The third-order valence-electron chi connectivity index (χ3n) is 2.58. The molecule has 0 spiro atoms. The third-order valence-corrected chi connectivity index (χ3v) is 3.89. The van der Waals surface area contributed by atoms with Crippen LogP contribution in [-0.4, -0.2) is 11.7 Å². The maximum absolute atomic E-state index is 4.41. The van der Waals surface area contributed by atoms with Crippen molar-refractivity contribution in [1.82, 2.24) is 5.32 Å². The van der Waals surface area contributed by atoms with E-state index in [1.54, 1.807) is 6.34 Å². The van der Waals surface area contributed by atoms with Gasteiger partial charge in [-0.2, -0.15) is 0 Å².